The fourth-order valence-electron chi connectivity index (χ4n) is 3.40. The van der Waals surface area contributed by atoms with Gasteiger partial charge in [0.15, 0.2) is 14.6 Å². The number of carbonyl (C=O) groups excluding carboxylic acids is 1. The Morgan fingerprint density at radius 1 is 1.27 bits per heavy atom. The molecular formula is C24H38O5Si. The monoisotopic (exact) mass is 434 g/mol. The molecule has 1 fully saturated rings. The Labute approximate surface area is 182 Å². The van der Waals surface area contributed by atoms with Crippen LogP contribution in [0.5, 0.6) is 5.75 Å². The third-order valence-corrected chi connectivity index (χ3v) is 11.0. The Morgan fingerprint density at radius 3 is 2.40 bits per heavy atom. The second-order valence-corrected chi connectivity index (χ2v) is 14.5. The van der Waals surface area contributed by atoms with Gasteiger partial charge in [-0.3, -0.25) is 0 Å². The molecule has 168 valence electrons. The van der Waals surface area contributed by atoms with Crippen molar-refractivity contribution in [3.05, 3.63) is 42.5 Å². The van der Waals surface area contributed by atoms with Gasteiger partial charge in [0.05, 0.1) is 18.8 Å². The molecule has 0 radical (unpaired) electrons. The molecule has 0 N–H and O–H groups in total. The SMILES string of the molecule is C=C[C@@H]1OC(c2ccc(OC)cc2)O[C@]1(C)CCC(CC=O)O[Si](C)(C)C(C)(C)C. The standard InChI is InChI=1S/C24H38O5Si/c1-9-21-24(5,28-22(27-21)18-10-12-19(26-6)13-11-18)16-14-20(15-17-25)29-30(7,8)23(2,3)4/h9-13,17,20-22H,1,14-16H2,2-8H3/t20?,21-,22?,24+/m0/s1. The summed E-state index contributed by atoms with van der Waals surface area (Å²) in [6.07, 6.45) is 3.77. The molecule has 6 heteroatoms. The summed E-state index contributed by atoms with van der Waals surface area (Å²) in [5.41, 5.74) is 0.401. The van der Waals surface area contributed by atoms with Crippen molar-refractivity contribution in [3.63, 3.8) is 0 Å². The molecule has 5 nitrogen and oxygen atoms in total. The summed E-state index contributed by atoms with van der Waals surface area (Å²) in [4.78, 5) is 11.3. The van der Waals surface area contributed by atoms with Crippen molar-refractivity contribution in [2.75, 3.05) is 7.11 Å². The predicted octanol–water partition coefficient (Wildman–Crippen LogP) is 5.81. The van der Waals surface area contributed by atoms with Crippen LogP contribution in [0.15, 0.2) is 36.9 Å². The topological polar surface area (TPSA) is 54.0 Å². The Kier molecular flexibility index (Phi) is 8.07. The van der Waals surface area contributed by atoms with Gasteiger partial charge in [0.2, 0.25) is 0 Å². The number of methoxy groups -OCH3 is 1. The lowest BCUT2D eigenvalue weighted by Crippen LogP contribution is -2.45. The number of rotatable bonds is 10. The van der Waals surface area contributed by atoms with E-state index in [1.165, 1.54) is 0 Å². The minimum absolute atomic E-state index is 0.0914. The maximum absolute atomic E-state index is 11.3. The van der Waals surface area contributed by atoms with Crippen molar-refractivity contribution >= 4 is 14.6 Å². The summed E-state index contributed by atoms with van der Waals surface area (Å²) < 4.78 is 24.3. The molecule has 30 heavy (non-hydrogen) atoms. The second kappa shape index (κ2) is 9.77. The van der Waals surface area contributed by atoms with E-state index in [9.17, 15) is 4.79 Å². The number of benzene rings is 1. The van der Waals surface area contributed by atoms with Gasteiger partial charge < -0.3 is 23.4 Å². The van der Waals surface area contributed by atoms with Crippen LogP contribution in [0.1, 0.15) is 58.8 Å². The van der Waals surface area contributed by atoms with Gasteiger partial charge in [-0.2, -0.15) is 0 Å². The molecule has 0 aliphatic carbocycles. The first-order valence-electron chi connectivity index (χ1n) is 10.7. The van der Waals surface area contributed by atoms with Gasteiger partial charge in [-0.05, 0) is 50.0 Å². The summed E-state index contributed by atoms with van der Waals surface area (Å²) in [5.74, 6) is 0.791. The van der Waals surface area contributed by atoms with Crippen LogP contribution in [0.4, 0.5) is 0 Å². The minimum atomic E-state index is -1.97. The van der Waals surface area contributed by atoms with Crippen LogP contribution >= 0.6 is 0 Å². The van der Waals surface area contributed by atoms with Crippen molar-refractivity contribution in [1.82, 2.24) is 0 Å². The maximum atomic E-state index is 11.3. The van der Waals surface area contributed by atoms with E-state index in [1.54, 1.807) is 13.2 Å². The molecule has 1 aliphatic rings. The van der Waals surface area contributed by atoms with E-state index in [4.69, 9.17) is 18.6 Å². The molecule has 1 aromatic carbocycles. The van der Waals surface area contributed by atoms with Crippen molar-refractivity contribution in [1.29, 1.82) is 0 Å². The largest absolute Gasteiger partial charge is 0.497 e. The maximum Gasteiger partial charge on any atom is 0.192 e. The number of carbonyl (C=O) groups is 1. The van der Waals surface area contributed by atoms with E-state index in [-0.39, 0.29) is 17.2 Å². The Balaban J connectivity index is 2.09. The van der Waals surface area contributed by atoms with Crippen molar-refractivity contribution in [2.45, 2.75) is 89.2 Å². The van der Waals surface area contributed by atoms with Gasteiger partial charge in [-0.1, -0.05) is 39.0 Å². The van der Waals surface area contributed by atoms with Gasteiger partial charge in [-0.15, -0.1) is 6.58 Å². The van der Waals surface area contributed by atoms with E-state index in [2.05, 4.69) is 40.4 Å². The Morgan fingerprint density at radius 2 is 1.90 bits per heavy atom. The van der Waals surface area contributed by atoms with Crippen molar-refractivity contribution in [2.24, 2.45) is 0 Å². The van der Waals surface area contributed by atoms with Gasteiger partial charge in [0.1, 0.15) is 18.1 Å². The van der Waals surface area contributed by atoms with Gasteiger partial charge in [-0.25, -0.2) is 0 Å². The normalized spacial score (nSPS) is 25.7. The third kappa shape index (κ3) is 5.81. The van der Waals surface area contributed by atoms with Crippen LogP contribution < -0.4 is 4.74 Å². The molecule has 0 amide bonds. The van der Waals surface area contributed by atoms with Crippen molar-refractivity contribution < 1.29 is 23.4 Å². The van der Waals surface area contributed by atoms with Gasteiger partial charge in [0.25, 0.3) is 0 Å². The van der Waals surface area contributed by atoms with Gasteiger partial charge >= 0.3 is 0 Å². The van der Waals surface area contributed by atoms with E-state index in [1.807, 2.05) is 31.2 Å². The van der Waals surface area contributed by atoms with E-state index < -0.39 is 20.2 Å². The zero-order valence-electron chi connectivity index (χ0n) is 19.6. The zero-order valence-corrected chi connectivity index (χ0v) is 20.6. The van der Waals surface area contributed by atoms with Crippen molar-refractivity contribution in [3.8, 4) is 5.75 Å². The quantitative estimate of drug-likeness (QED) is 0.264. The number of hydrogen-bond donors (Lipinski definition) is 0. The highest BCUT2D eigenvalue weighted by atomic mass is 28.4. The highest BCUT2D eigenvalue weighted by Crippen LogP contribution is 2.43. The van der Waals surface area contributed by atoms with E-state index >= 15 is 0 Å². The second-order valence-electron chi connectivity index (χ2n) is 9.77. The number of hydrogen-bond acceptors (Lipinski definition) is 5. The zero-order chi connectivity index (χ0) is 22.6. The molecule has 1 aromatic rings. The first-order valence-corrected chi connectivity index (χ1v) is 13.6. The number of ether oxygens (including phenoxy) is 3. The summed E-state index contributed by atoms with van der Waals surface area (Å²) in [7, 11) is -0.327. The highest BCUT2D eigenvalue weighted by Gasteiger charge is 2.46. The van der Waals surface area contributed by atoms with Crippen LogP contribution in [-0.4, -0.2) is 39.5 Å². The fourth-order valence-corrected chi connectivity index (χ4v) is 4.80. The van der Waals surface area contributed by atoms with E-state index in [0.29, 0.717) is 12.8 Å². The summed E-state index contributed by atoms with van der Waals surface area (Å²) >= 11 is 0. The molecule has 4 atom stereocenters. The minimum Gasteiger partial charge on any atom is -0.497 e. The lowest BCUT2D eigenvalue weighted by atomic mass is 9.91. The number of aldehydes is 1. The van der Waals surface area contributed by atoms with Gasteiger partial charge in [0, 0.05) is 12.0 Å². The Bertz CT molecular complexity index is 709. The van der Waals surface area contributed by atoms with Crippen LogP contribution in [0, 0.1) is 0 Å². The highest BCUT2D eigenvalue weighted by molar-refractivity contribution is 6.74. The molecule has 1 aliphatic heterocycles. The predicted molar refractivity (Wildman–Crippen MR) is 122 cm³/mol. The summed E-state index contributed by atoms with van der Waals surface area (Å²) in [5, 5.41) is 0.0914. The average molecular weight is 435 g/mol. The first kappa shape index (κ1) is 24.8. The molecule has 1 heterocycles. The third-order valence-electron chi connectivity index (χ3n) is 6.44. The average Bonchev–Trinajstić information content (AvgIpc) is 3.02. The molecular weight excluding hydrogens is 396 g/mol. The van der Waals surface area contributed by atoms with E-state index in [0.717, 1.165) is 24.0 Å². The van der Waals surface area contributed by atoms with Crippen LogP contribution in [0.25, 0.3) is 0 Å². The smallest absolute Gasteiger partial charge is 0.192 e. The molecule has 2 rings (SSSR count). The lowest BCUT2D eigenvalue weighted by molar-refractivity contribution is -0.110. The van der Waals surface area contributed by atoms with Crippen LogP contribution in [0.2, 0.25) is 18.1 Å². The molecule has 2 unspecified atom stereocenters. The fraction of sp³-hybridized carbons (Fsp3) is 0.625. The van der Waals surface area contributed by atoms with Crippen LogP contribution in [0.3, 0.4) is 0 Å². The molecule has 0 aromatic heterocycles. The summed E-state index contributed by atoms with van der Waals surface area (Å²) in [6, 6.07) is 7.69. The lowest BCUT2D eigenvalue weighted by Gasteiger charge is -2.39. The molecule has 1 saturated heterocycles. The summed E-state index contributed by atoms with van der Waals surface area (Å²) in [6.45, 7) is 17.0. The molecule has 0 spiro atoms. The Hall–Kier alpha value is -1.47. The van der Waals surface area contributed by atoms with Crippen LogP contribution in [-0.2, 0) is 18.7 Å². The first-order chi connectivity index (χ1) is 14.0. The molecule has 0 saturated carbocycles. The molecule has 0 bridgehead atoms.